The first kappa shape index (κ1) is 6.89. The quantitative estimate of drug-likeness (QED) is 0.399. The van der Waals surface area contributed by atoms with Gasteiger partial charge in [-0.1, -0.05) is 13.8 Å². The molecule has 4 atom stereocenters. The molecule has 2 saturated heterocycles. The lowest BCUT2D eigenvalue weighted by Gasteiger charge is -2.11. The van der Waals surface area contributed by atoms with Gasteiger partial charge in [-0.2, -0.15) is 0 Å². The fraction of sp³-hybridized carbons (Fsp3) is 0.889. The minimum Gasteiger partial charge on any atom is -0.430 e. The van der Waals surface area contributed by atoms with Crippen LogP contribution in [0.25, 0.3) is 0 Å². The molecule has 3 fully saturated rings. The predicted octanol–water partition coefficient (Wildman–Crippen LogP) is 0.930. The number of carbonyl (C=O) groups excluding carboxylic acids is 1. The summed E-state index contributed by atoms with van der Waals surface area (Å²) in [5.41, 5.74) is 0.107. The second-order valence-electron chi connectivity index (χ2n) is 4.80. The number of ether oxygens (including phenoxy) is 2. The van der Waals surface area contributed by atoms with Gasteiger partial charge in [-0.15, -0.1) is 0 Å². The molecule has 3 nitrogen and oxygen atoms in total. The molecular formula is C9H12O3. The number of carbonyl (C=O) groups is 1. The summed E-state index contributed by atoms with van der Waals surface area (Å²) in [6, 6.07) is 0. The fourth-order valence-corrected chi connectivity index (χ4v) is 2.66. The summed E-state index contributed by atoms with van der Waals surface area (Å²) in [7, 11) is 0. The summed E-state index contributed by atoms with van der Waals surface area (Å²) in [6.07, 6.45) is 0.176. The van der Waals surface area contributed by atoms with Gasteiger partial charge in [0.25, 0.3) is 0 Å². The van der Waals surface area contributed by atoms with Gasteiger partial charge in [0.1, 0.15) is 6.10 Å². The number of fused-ring (bicyclic) bond motifs is 3. The third-order valence-corrected chi connectivity index (χ3v) is 3.61. The highest BCUT2D eigenvalue weighted by Crippen LogP contribution is 2.70. The van der Waals surface area contributed by atoms with Gasteiger partial charge in [-0.05, 0) is 5.41 Å². The third-order valence-electron chi connectivity index (χ3n) is 3.61. The standard InChI is InChI=1S/C9H12O3/c1-8(2)4-5(8)7(10)12-9(3)6(4)11-9/h4-6H,1-3H3/t4-,5+,6+,9-/m1/s1. The zero-order chi connectivity index (χ0) is 8.72. The normalized spacial score (nSPS) is 58.2. The lowest BCUT2D eigenvalue weighted by molar-refractivity contribution is -0.161. The van der Waals surface area contributed by atoms with Gasteiger partial charge in [0.2, 0.25) is 5.79 Å². The topological polar surface area (TPSA) is 38.8 Å². The van der Waals surface area contributed by atoms with Crippen LogP contribution in [0.5, 0.6) is 0 Å². The predicted molar refractivity (Wildman–Crippen MR) is 40.1 cm³/mol. The molecule has 0 spiro atoms. The SMILES string of the molecule is CC1(C)[C@@H]2[C@H]1C(=O)O[C@@]1(C)O[C@@H]21. The van der Waals surface area contributed by atoms with Crippen molar-refractivity contribution in [3.8, 4) is 0 Å². The van der Waals surface area contributed by atoms with E-state index in [0.717, 1.165) is 0 Å². The molecule has 66 valence electrons. The number of esters is 1. The van der Waals surface area contributed by atoms with E-state index in [9.17, 15) is 4.79 Å². The molecule has 3 rings (SSSR count). The van der Waals surface area contributed by atoms with Crippen molar-refractivity contribution < 1.29 is 14.3 Å². The van der Waals surface area contributed by atoms with Crippen LogP contribution in [-0.4, -0.2) is 17.9 Å². The van der Waals surface area contributed by atoms with E-state index in [-0.39, 0.29) is 23.4 Å². The molecule has 3 heteroatoms. The molecule has 0 unspecified atom stereocenters. The Labute approximate surface area is 71.0 Å². The molecule has 0 aromatic carbocycles. The van der Waals surface area contributed by atoms with Crippen molar-refractivity contribution in [1.29, 1.82) is 0 Å². The number of hydrogen-bond donors (Lipinski definition) is 0. The zero-order valence-corrected chi connectivity index (χ0v) is 7.46. The van der Waals surface area contributed by atoms with Crippen molar-refractivity contribution >= 4 is 5.97 Å². The van der Waals surface area contributed by atoms with Crippen LogP contribution in [0.4, 0.5) is 0 Å². The van der Waals surface area contributed by atoms with Gasteiger partial charge in [0, 0.05) is 12.8 Å². The molecule has 1 aliphatic carbocycles. The minimum absolute atomic E-state index is 0.0683. The highest BCUT2D eigenvalue weighted by molar-refractivity contribution is 5.80. The molecule has 12 heavy (non-hydrogen) atoms. The first-order valence-electron chi connectivity index (χ1n) is 4.37. The van der Waals surface area contributed by atoms with Gasteiger partial charge in [0.15, 0.2) is 0 Å². The molecular weight excluding hydrogens is 156 g/mol. The first-order chi connectivity index (χ1) is 5.47. The Balaban J connectivity index is 1.98. The molecule has 2 heterocycles. The van der Waals surface area contributed by atoms with Crippen molar-refractivity contribution in [3.05, 3.63) is 0 Å². The molecule has 1 saturated carbocycles. The van der Waals surface area contributed by atoms with Gasteiger partial charge >= 0.3 is 5.97 Å². The van der Waals surface area contributed by atoms with E-state index < -0.39 is 5.79 Å². The maximum absolute atomic E-state index is 11.4. The summed E-state index contributed by atoms with van der Waals surface area (Å²) in [4.78, 5) is 11.4. The lowest BCUT2D eigenvalue weighted by atomic mass is 10.1. The molecule has 3 aliphatic rings. The zero-order valence-electron chi connectivity index (χ0n) is 7.46. The van der Waals surface area contributed by atoms with Crippen LogP contribution in [0.15, 0.2) is 0 Å². The average molecular weight is 168 g/mol. The monoisotopic (exact) mass is 168 g/mol. The second kappa shape index (κ2) is 1.43. The molecule has 0 radical (unpaired) electrons. The van der Waals surface area contributed by atoms with E-state index in [1.165, 1.54) is 0 Å². The van der Waals surface area contributed by atoms with Crippen molar-refractivity contribution in [2.45, 2.75) is 32.7 Å². The van der Waals surface area contributed by atoms with Gasteiger partial charge in [0.05, 0.1) is 5.92 Å². The Morgan fingerprint density at radius 2 is 2.00 bits per heavy atom. The Bertz CT molecular complexity index is 283. The highest BCUT2D eigenvalue weighted by Gasteiger charge is 2.80. The summed E-state index contributed by atoms with van der Waals surface area (Å²) < 4.78 is 10.6. The van der Waals surface area contributed by atoms with Crippen LogP contribution in [0.2, 0.25) is 0 Å². The number of rotatable bonds is 0. The van der Waals surface area contributed by atoms with Crippen molar-refractivity contribution in [3.63, 3.8) is 0 Å². The summed E-state index contributed by atoms with van der Waals surface area (Å²) in [5.74, 6) is -0.130. The number of epoxide rings is 1. The van der Waals surface area contributed by atoms with Crippen LogP contribution < -0.4 is 0 Å². The van der Waals surface area contributed by atoms with Gasteiger partial charge in [-0.25, -0.2) is 0 Å². The average Bonchev–Trinajstić information content (AvgIpc) is 2.69. The Morgan fingerprint density at radius 3 is 2.67 bits per heavy atom. The maximum atomic E-state index is 11.4. The van der Waals surface area contributed by atoms with Gasteiger partial charge < -0.3 is 9.47 Å². The van der Waals surface area contributed by atoms with E-state index in [4.69, 9.17) is 9.47 Å². The van der Waals surface area contributed by atoms with Crippen LogP contribution in [-0.2, 0) is 14.3 Å². The van der Waals surface area contributed by atoms with Crippen molar-refractivity contribution in [2.24, 2.45) is 17.3 Å². The Kier molecular flexibility index (Phi) is 0.824. The van der Waals surface area contributed by atoms with E-state index in [1.54, 1.807) is 0 Å². The smallest absolute Gasteiger partial charge is 0.312 e. The van der Waals surface area contributed by atoms with E-state index in [2.05, 4.69) is 13.8 Å². The maximum Gasteiger partial charge on any atom is 0.312 e. The van der Waals surface area contributed by atoms with E-state index >= 15 is 0 Å². The first-order valence-corrected chi connectivity index (χ1v) is 4.37. The molecule has 0 aromatic heterocycles. The van der Waals surface area contributed by atoms with E-state index in [0.29, 0.717) is 5.92 Å². The summed E-state index contributed by atoms with van der Waals surface area (Å²) in [6.45, 7) is 6.06. The van der Waals surface area contributed by atoms with Crippen LogP contribution >= 0.6 is 0 Å². The van der Waals surface area contributed by atoms with Crippen molar-refractivity contribution in [1.82, 2.24) is 0 Å². The highest BCUT2D eigenvalue weighted by atomic mass is 16.8. The van der Waals surface area contributed by atoms with Crippen molar-refractivity contribution in [2.75, 3.05) is 0 Å². The van der Waals surface area contributed by atoms with Gasteiger partial charge in [-0.3, -0.25) is 4.79 Å². The summed E-state index contributed by atoms with van der Waals surface area (Å²) in [5, 5.41) is 0. The number of hydrogen-bond acceptors (Lipinski definition) is 3. The molecule has 0 amide bonds. The second-order valence-corrected chi connectivity index (χ2v) is 4.80. The molecule has 0 bridgehead atoms. The summed E-state index contributed by atoms with van der Waals surface area (Å²) >= 11 is 0. The minimum atomic E-state index is -0.563. The molecule has 0 N–H and O–H groups in total. The Morgan fingerprint density at radius 1 is 1.33 bits per heavy atom. The van der Waals surface area contributed by atoms with E-state index in [1.807, 2.05) is 6.92 Å². The van der Waals surface area contributed by atoms with Crippen LogP contribution in [0, 0.1) is 17.3 Å². The lowest BCUT2D eigenvalue weighted by Crippen LogP contribution is -2.27. The largest absolute Gasteiger partial charge is 0.430 e. The fourth-order valence-electron chi connectivity index (χ4n) is 2.66. The van der Waals surface area contributed by atoms with Crippen LogP contribution in [0.3, 0.4) is 0 Å². The Hall–Kier alpha value is -0.570. The van der Waals surface area contributed by atoms with Crippen LogP contribution in [0.1, 0.15) is 20.8 Å². The third kappa shape index (κ3) is 0.534. The molecule has 2 aliphatic heterocycles. The molecule has 0 aromatic rings.